The molecule has 1 aromatic heterocycles. The molecule has 0 aliphatic heterocycles. The van der Waals surface area contributed by atoms with Gasteiger partial charge in [0.1, 0.15) is 5.82 Å². The topological polar surface area (TPSA) is 51.0 Å². The molecule has 1 fully saturated rings. The van der Waals surface area contributed by atoms with Crippen molar-refractivity contribution in [2.45, 2.75) is 32.7 Å². The molecule has 1 saturated carbocycles. The molecule has 0 radical (unpaired) electrons. The molecule has 1 aliphatic carbocycles. The Labute approximate surface area is 134 Å². The lowest BCUT2D eigenvalue weighted by molar-refractivity contribution is 0.0715. The average Bonchev–Trinajstić information content (AvgIpc) is 3.29. The lowest BCUT2D eigenvalue weighted by Gasteiger charge is -2.23. The highest BCUT2D eigenvalue weighted by molar-refractivity contribution is 6.32. The van der Waals surface area contributed by atoms with Gasteiger partial charge in [0.25, 0.3) is 5.91 Å². The van der Waals surface area contributed by atoms with Crippen LogP contribution in [0.4, 0.5) is 0 Å². The number of aryl methyl sites for hydroxylation is 1. The molecule has 1 atom stereocenters. The van der Waals surface area contributed by atoms with Crippen molar-refractivity contribution in [3.63, 3.8) is 0 Å². The van der Waals surface area contributed by atoms with Crippen LogP contribution in [0.25, 0.3) is 5.69 Å². The molecule has 3 rings (SSSR count). The lowest BCUT2D eigenvalue weighted by Crippen LogP contribution is -2.37. The minimum atomic E-state index is -0.145. The summed E-state index contributed by atoms with van der Waals surface area (Å²) in [5.41, 5.74) is 0.728. The van der Waals surface area contributed by atoms with Crippen LogP contribution in [-0.4, -0.2) is 38.7 Å². The van der Waals surface area contributed by atoms with E-state index < -0.39 is 0 Å². The Morgan fingerprint density at radius 1 is 1.41 bits per heavy atom. The van der Waals surface area contributed by atoms with Gasteiger partial charge in [-0.2, -0.15) is 0 Å². The van der Waals surface area contributed by atoms with Gasteiger partial charge in [-0.15, -0.1) is 5.10 Å². The fraction of sp³-hybridized carbons (Fsp3) is 0.438. The van der Waals surface area contributed by atoms with Crippen molar-refractivity contribution in [3.8, 4) is 5.69 Å². The number of aromatic nitrogens is 3. The van der Waals surface area contributed by atoms with E-state index in [-0.39, 0.29) is 17.8 Å². The van der Waals surface area contributed by atoms with Gasteiger partial charge in [-0.25, -0.2) is 9.67 Å². The first-order valence-corrected chi connectivity index (χ1v) is 7.82. The normalized spacial score (nSPS) is 15.6. The summed E-state index contributed by atoms with van der Waals surface area (Å²) in [7, 11) is 1.82. The maximum absolute atomic E-state index is 12.6. The summed E-state index contributed by atoms with van der Waals surface area (Å²) >= 11 is 6.20. The Kier molecular flexibility index (Phi) is 3.91. The number of carbonyl (C=O) groups excluding carboxylic acids is 1. The van der Waals surface area contributed by atoms with Crippen LogP contribution in [0.2, 0.25) is 5.02 Å². The second-order valence-corrected chi connectivity index (χ2v) is 6.25. The Bertz CT molecular complexity index is 708. The maximum atomic E-state index is 12.6. The van der Waals surface area contributed by atoms with Gasteiger partial charge in [-0.3, -0.25) is 4.79 Å². The van der Waals surface area contributed by atoms with Gasteiger partial charge in [0.15, 0.2) is 0 Å². The molecule has 1 unspecified atom stereocenters. The molecular weight excluding hydrogens is 300 g/mol. The van der Waals surface area contributed by atoms with Crippen molar-refractivity contribution < 1.29 is 4.79 Å². The molecule has 22 heavy (non-hydrogen) atoms. The Morgan fingerprint density at radius 3 is 2.73 bits per heavy atom. The zero-order valence-electron chi connectivity index (χ0n) is 13.0. The van der Waals surface area contributed by atoms with Crippen molar-refractivity contribution in [2.24, 2.45) is 5.92 Å². The fourth-order valence-electron chi connectivity index (χ4n) is 2.57. The number of nitrogens with zero attached hydrogens (tertiary/aromatic N) is 4. The first kappa shape index (κ1) is 15.0. The Morgan fingerprint density at radius 2 is 2.09 bits per heavy atom. The Balaban J connectivity index is 1.89. The van der Waals surface area contributed by atoms with Gasteiger partial charge in [0.05, 0.1) is 10.7 Å². The highest BCUT2D eigenvalue weighted by Gasteiger charge is 2.34. The second kappa shape index (κ2) is 5.72. The molecule has 1 aromatic carbocycles. The predicted molar refractivity (Wildman–Crippen MR) is 85.4 cm³/mol. The van der Waals surface area contributed by atoms with Crippen LogP contribution in [0, 0.1) is 12.8 Å². The third-order valence-corrected chi connectivity index (χ3v) is 4.60. The summed E-state index contributed by atoms with van der Waals surface area (Å²) < 4.78 is 1.62. The standard InChI is InChI=1S/C16H19ClN4O/c1-10(12-8-9-12)20(3)16(22)15-18-11(2)21(19-15)14-7-5-4-6-13(14)17/h4-7,10,12H,8-9H2,1-3H3. The minimum Gasteiger partial charge on any atom is -0.336 e. The predicted octanol–water partition coefficient (Wildman–Crippen LogP) is 3.10. The molecule has 1 aliphatic rings. The molecule has 0 bridgehead atoms. The second-order valence-electron chi connectivity index (χ2n) is 5.84. The quantitative estimate of drug-likeness (QED) is 0.870. The SMILES string of the molecule is Cc1nc(C(=O)N(C)C(C)C2CC2)nn1-c1ccccc1Cl. The zero-order chi connectivity index (χ0) is 15.9. The summed E-state index contributed by atoms with van der Waals surface area (Å²) in [5.74, 6) is 1.32. The van der Waals surface area contributed by atoms with Crippen molar-refractivity contribution in [2.75, 3.05) is 7.05 Å². The number of halogens is 1. The van der Waals surface area contributed by atoms with Crippen LogP contribution in [0.3, 0.4) is 0 Å². The number of carbonyl (C=O) groups is 1. The van der Waals surface area contributed by atoms with Gasteiger partial charge >= 0.3 is 0 Å². The number of para-hydroxylation sites is 1. The van der Waals surface area contributed by atoms with Gasteiger partial charge < -0.3 is 4.90 Å². The smallest absolute Gasteiger partial charge is 0.293 e. The van der Waals surface area contributed by atoms with Gasteiger partial charge in [0.2, 0.25) is 5.82 Å². The van der Waals surface area contributed by atoms with Crippen molar-refractivity contribution in [1.82, 2.24) is 19.7 Å². The van der Waals surface area contributed by atoms with Crippen molar-refractivity contribution in [3.05, 3.63) is 40.9 Å². The average molecular weight is 319 g/mol. The van der Waals surface area contributed by atoms with E-state index in [4.69, 9.17) is 11.6 Å². The van der Waals surface area contributed by atoms with Crippen LogP contribution in [0.15, 0.2) is 24.3 Å². The molecule has 6 heteroatoms. The van der Waals surface area contributed by atoms with E-state index in [9.17, 15) is 4.79 Å². The molecule has 0 N–H and O–H groups in total. The lowest BCUT2D eigenvalue weighted by atomic mass is 10.2. The first-order valence-electron chi connectivity index (χ1n) is 7.44. The van der Waals surface area contributed by atoms with E-state index in [1.165, 1.54) is 12.8 Å². The molecule has 116 valence electrons. The highest BCUT2D eigenvalue weighted by atomic mass is 35.5. The molecule has 1 amide bonds. The van der Waals surface area contributed by atoms with Crippen LogP contribution < -0.4 is 0 Å². The highest BCUT2D eigenvalue weighted by Crippen LogP contribution is 2.35. The number of benzene rings is 1. The monoisotopic (exact) mass is 318 g/mol. The first-order chi connectivity index (χ1) is 10.5. The summed E-state index contributed by atoms with van der Waals surface area (Å²) in [4.78, 5) is 18.6. The molecule has 0 spiro atoms. The Hall–Kier alpha value is -1.88. The van der Waals surface area contributed by atoms with Crippen LogP contribution >= 0.6 is 11.6 Å². The number of amides is 1. The fourth-order valence-corrected chi connectivity index (χ4v) is 2.79. The third-order valence-electron chi connectivity index (χ3n) is 4.28. The summed E-state index contributed by atoms with van der Waals surface area (Å²) in [6, 6.07) is 7.61. The van der Waals surface area contributed by atoms with E-state index in [2.05, 4.69) is 17.0 Å². The molecule has 2 aromatic rings. The van der Waals surface area contributed by atoms with E-state index in [0.717, 1.165) is 5.69 Å². The van der Waals surface area contributed by atoms with Crippen LogP contribution in [0.1, 0.15) is 36.2 Å². The van der Waals surface area contributed by atoms with Gasteiger partial charge in [0, 0.05) is 13.1 Å². The number of hydrogen-bond acceptors (Lipinski definition) is 3. The summed E-state index contributed by atoms with van der Waals surface area (Å²) in [5, 5.41) is 4.93. The number of rotatable bonds is 4. The van der Waals surface area contributed by atoms with E-state index in [1.807, 2.05) is 32.2 Å². The molecule has 0 saturated heterocycles. The van der Waals surface area contributed by atoms with E-state index >= 15 is 0 Å². The van der Waals surface area contributed by atoms with E-state index in [0.29, 0.717) is 16.8 Å². The third kappa shape index (κ3) is 2.73. The largest absolute Gasteiger partial charge is 0.336 e. The number of hydrogen-bond donors (Lipinski definition) is 0. The van der Waals surface area contributed by atoms with Crippen LogP contribution in [0.5, 0.6) is 0 Å². The minimum absolute atomic E-state index is 0.145. The van der Waals surface area contributed by atoms with E-state index in [1.54, 1.807) is 15.6 Å². The van der Waals surface area contributed by atoms with Gasteiger partial charge in [-0.1, -0.05) is 23.7 Å². The molecule has 1 heterocycles. The van der Waals surface area contributed by atoms with Gasteiger partial charge in [-0.05, 0) is 44.7 Å². The van der Waals surface area contributed by atoms with Crippen LogP contribution in [-0.2, 0) is 0 Å². The van der Waals surface area contributed by atoms with Crippen molar-refractivity contribution >= 4 is 17.5 Å². The maximum Gasteiger partial charge on any atom is 0.293 e. The molecular formula is C16H19ClN4O. The molecule has 5 nitrogen and oxygen atoms in total. The summed E-state index contributed by atoms with van der Waals surface area (Å²) in [6.45, 7) is 3.89. The zero-order valence-corrected chi connectivity index (χ0v) is 13.7. The van der Waals surface area contributed by atoms with Crippen molar-refractivity contribution in [1.29, 1.82) is 0 Å². The summed E-state index contributed by atoms with van der Waals surface area (Å²) in [6.07, 6.45) is 2.39.